The van der Waals surface area contributed by atoms with Crippen molar-refractivity contribution in [3.63, 3.8) is 0 Å². The highest BCUT2D eigenvalue weighted by atomic mass is 32.2. The number of likely N-dealkylation sites (N-methyl/N-ethyl adjacent to an activating group) is 1. The predicted molar refractivity (Wildman–Crippen MR) is 88.8 cm³/mol. The molecule has 0 spiro atoms. The monoisotopic (exact) mass is 344 g/mol. The second kappa shape index (κ2) is 8.98. The van der Waals surface area contributed by atoms with E-state index in [4.69, 9.17) is 0 Å². The van der Waals surface area contributed by atoms with Crippen molar-refractivity contribution in [2.75, 3.05) is 26.4 Å². The summed E-state index contributed by atoms with van der Waals surface area (Å²) >= 11 is 0. The van der Waals surface area contributed by atoms with E-state index in [0.29, 0.717) is 13.1 Å². The van der Waals surface area contributed by atoms with Crippen LogP contribution in [0.15, 0.2) is 24.3 Å². The lowest BCUT2D eigenvalue weighted by molar-refractivity contribution is -0.131. The lowest BCUT2D eigenvalue weighted by Crippen LogP contribution is -2.41. The Bertz CT molecular complexity index is 602. The van der Waals surface area contributed by atoms with Crippen LogP contribution in [0.4, 0.5) is 4.39 Å². The van der Waals surface area contributed by atoms with Gasteiger partial charge in [0.15, 0.2) is 0 Å². The van der Waals surface area contributed by atoms with E-state index >= 15 is 0 Å². The van der Waals surface area contributed by atoms with Crippen molar-refractivity contribution in [3.8, 4) is 0 Å². The zero-order chi connectivity index (χ0) is 17.5. The van der Waals surface area contributed by atoms with Crippen molar-refractivity contribution in [2.24, 2.45) is 0 Å². The second-order valence-electron chi connectivity index (χ2n) is 5.67. The number of hydrogen-bond acceptors (Lipinski definition) is 3. The Labute approximate surface area is 138 Å². The first-order valence-electron chi connectivity index (χ1n) is 7.67. The fourth-order valence-electron chi connectivity index (χ4n) is 2.06. The molecule has 1 rings (SSSR count). The molecule has 23 heavy (non-hydrogen) atoms. The minimum Gasteiger partial charge on any atom is -0.337 e. The van der Waals surface area contributed by atoms with E-state index in [1.54, 1.807) is 17.0 Å². The van der Waals surface area contributed by atoms with Crippen LogP contribution in [-0.2, 0) is 21.4 Å². The van der Waals surface area contributed by atoms with Gasteiger partial charge in [0.25, 0.3) is 0 Å². The molecule has 0 aromatic heterocycles. The number of sulfonamides is 1. The van der Waals surface area contributed by atoms with Gasteiger partial charge in [0.05, 0.1) is 12.8 Å². The summed E-state index contributed by atoms with van der Waals surface area (Å²) in [5.74, 6) is -0.576. The van der Waals surface area contributed by atoms with E-state index in [-0.39, 0.29) is 18.3 Å². The molecule has 0 bridgehead atoms. The molecule has 1 aromatic rings. The zero-order valence-corrected chi connectivity index (χ0v) is 14.8. The standard InChI is InChI=1S/C16H25FN2O3S/c1-4-5-6-11-19(12-14-7-9-15(17)10-8-14)16(20)13-18(2)23(3,21)22/h7-10H,4-6,11-13H2,1-3H3. The van der Waals surface area contributed by atoms with Crippen molar-refractivity contribution in [1.82, 2.24) is 9.21 Å². The summed E-state index contributed by atoms with van der Waals surface area (Å²) in [6.07, 6.45) is 3.95. The summed E-state index contributed by atoms with van der Waals surface area (Å²) in [5, 5.41) is 0. The molecule has 1 aromatic carbocycles. The van der Waals surface area contributed by atoms with Crippen LogP contribution in [-0.4, -0.2) is 49.9 Å². The highest BCUT2D eigenvalue weighted by Gasteiger charge is 2.20. The fraction of sp³-hybridized carbons (Fsp3) is 0.562. The van der Waals surface area contributed by atoms with Gasteiger partial charge in [0, 0.05) is 20.1 Å². The van der Waals surface area contributed by atoms with E-state index in [0.717, 1.165) is 35.4 Å². The Morgan fingerprint density at radius 3 is 2.30 bits per heavy atom. The molecule has 0 saturated carbocycles. The third-order valence-electron chi connectivity index (χ3n) is 3.60. The maximum atomic E-state index is 13.0. The molecule has 7 heteroatoms. The van der Waals surface area contributed by atoms with Gasteiger partial charge in [-0.05, 0) is 24.1 Å². The molecule has 0 atom stereocenters. The first-order chi connectivity index (χ1) is 10.7. The number of amides is 1. The Morgan fingerprint density at radius 1 is 1.17 bits per heavy atom. The maximum Gasteiger partial charge on any atom is 0.238 e. The summed E-state index contributed by atoms with van der Waals surface area (Å²) in [5.41, 5.74) is 0.818. The molecule has 0 N–H and O–H groups in total. The number of hydrogen-bond donors (Lipinski definition) is 0. The molecule has 0 aliphatic rings. The van der Waals surface area contributed by atoms with Crippen molar-refractivity contribution < 1.29 is 17.6 Å². The molecule has 5 nitrogen and oxygen atoms in total. The van der Waals surface area contributed by atoms with Gasteiger partial charge in [-0.2, -0.15) is 4.31 Å². The van der Waals surface area contributed by atoms with Crippen LogP contribution in [0.1, 0.15) is 31.7 Å². The molecule has 0 radical (unpaired) electrons. The molecule has 1 amide bonds. The van der Waals surface area contributed by atoms with E-state index in [1.165, 1.54) is 19.2 Å². The lowest BCUT2D eigenvalue weighted by atomic mass is 10.2. The Hall–Kier alpha value is -1.47. The van der Waals surface area contributed by atoms with Crippen molar-refractivity contribution >= 4 is 15.9 Å². The normalized spacial score (nSPS) is 11.7. The number of nitrogens with zero attached hydrogens (tertiary/aromatic N) is 2. The summed E-state index contributed by atoms with van der Waals surface area (Å²) in [4.78, 5) is 14.0. The van der Waals surface area contributed by atoms with Crippen molar-refractivity contribution in [1.29, 1.82) is 0 Å². The van der Waals surface area contributed by atoms with Gasteiger partial charge in [-0.25, -0.2) is 12.8 Å². The Morgan fingerprint density at radius 2 is 1.78 bits per heavy atom. The summed E-state index contributed by atoms with van der Waals surface area (Å²) in [6.45, 7) is 2.79. The third kappa shape index (κ3) is 7.09. The van der Waals surface area contributed by atoms with Gasteiger partial charge in [-0.1, -0.05) is 31.9 Å². The number of rotatable bonds is 9. The van der Waals surface area contributed by atoms with Gasteiger partial charge in [0.1, 0.15) is 5.82 Å². The van der Waals surface area contributed by atoms with Gasteiger partial charge in [-0.15, -0.1) is 0 Å². The summed E-state index contributed by atoms with van der Waals surface area (Å²) in [6, 6.07) is 5.98. The minimum atomic E-state index is -3.40. The number of carbonyl (C=O) groups is 1. The molecular formula is C16H25FN2O3S. The number of halogens is 1. The largest absolute Gasteiger partial charge is 0.337 e. The summed E-state index contributed by atoms with van der Waals surface area (Å²) < 4.78 is 36.9. The Kier molecular flexibility index (Phi) is 7.64. The Balaban J connectivity index is 2.78. The van der Waals surface area contributed by atoms with Crippen LogP contribution in [0.25, 0.3) is 0 Å². The topological polar surface area (TPSA) is 57.7 Å². The van der Waals surface area contributed by atoms with Crippen LogP contribution in [0.3, 0.4) is 0 Å². The fourth-order valence-corrected chi connectivity index (χ4v) is 2.41. The molecule has 0 heterocycles. The lowest BCUT2D eigenvalue weighted by Gasteiger charge is -2.25. The van der Waals surface area contributed by atoms with Crippen molar-refractivity contribution in [3.05, 3.63) is 35.6 Å². The highest BCUT2D eigenvalue weighted by Crippen LogP contribution is 2.10. The first kappa shape index (κ1) is 19.6. The SMILES string of the molecule is CCCCCN(Cc1ccc(F)cc1)C(=O)CN(C)S(C)(=O)=O. The van der Waals surface area contributed by atoms with Gasteiger partial charge >= 0.3 is 0 Å². The number of carbonyl (C=O) groups excluding carboxylic acids is 1. The zero-order valence-electron chi connectivity index (χ0n) is 14.0. The average Bonchev–Trinajstić information content (AvgIpc) is 2.47. The molecular weight excluding hydrogens is 319 g/mol. The van der Waals surface area contributed by atoms with E-state index in [2.05, 4.69) is 6.92 Å². The third-order valence-corrected chi connectivity index (χ3v) is 4.86. The number of benzene rings is 1. The number of unbranched alkanes of at least 4 members (excludes halogenated alkanes) is 2. The van der Waals surface area contributed by atoms with Crippen LogP contribution in [0.2, 0.25) is 0 Å². The molecule has 0 aliphatic heterocycles. The van der Waals surface area contributed by atoms with Crippen molar-refractivity contribution in [2.45, 2.75) is 32.7 Å². The quantitative estimate of drug-likeness (QED) is 0.646. The molecule has 0 aliphatic carbocycles. The smallest absolute Gasteiger partial charge is 0.238 e. The van der Waals surface area contributed by atoms with Crippen LogP contribution in [0, 0.1) is 5.82 Å². The van der Waals surface area contributed by atoms with Crippen LogP contribution >= 0.6 is 0 Å². The van der Waals surface area contributed by atoms with Crippen LogP contribution in [0.5, 0.6) is 0 Å². The van der Waals surface area contributed by atoms with Gasteiger partial charge in [0.2, 0.25) is 15.9 Å². The average molecular weight is 344 g/mol. The molecule has 0 fully saturated rings. The molecule has 0 unspecified atom stereocenters. The minimum absolute atomic E-state index is 0.188. The van der Waals surface area contributed by atoms with Gasteiger partial charge < -0.3 is 4.90 Å². The van der Waals surface area contributed by atoms with E-state index in [9.17, 15) is 17.6 Å². The molecule has 130 valence electrons. The van der Waals surface area contributed by atoms with Gasteiger partial charge in [-0.3, -0.25) is 4.79 Å². The van der Waals surface area contributed by atoms with E-state index in [1.807, 2.05) is 0 Å². The molecule has 0 saturated heterocycles. The predicted octanol–water partition coefficient (Wildman–Crippen LogP) is 2.24. The van der Waals surface area contributed by atoms with E-state index < -0.39 is 10.0 Å². The maximum absolute atomic E-state index is 13.0. The second-order valence-corrected chi connectivity index (χ2v) is 7.76. The highest BCUT2D eigenvalue weighted by molar-refractivity contribution is 7.88. The summed E-state index contributed by atoms with van der Waals surface area (Å²) in [7, 11) is -2.01. The first-order valence-corrected chi connectivity index (χ1v) is 9.52. The van der Waals surface area contributed by atoms with Crippen LogP contribution < -0.4 is 0 Å².